The second kappa shape index (κ2) is 8.99. The Bertz CT molecular complexity index is 1060. The number of fused-ring (bicyclic) bond motifs is 1. The van der Waals surface area contributed by atoms with Crippen LogP contribution in [0.1, 0.15) is 18.4 Å². The summed E-state index contributed by atoms with van der Waals surface area (Å²) in [6, 6.07) is 10.8. The fraction of sp³-hybridized carbons (Fsp3) is 0.316. The van der Waals surface area contributed by atoms with E-state index < -0.39 is 14.9 Å². The summed E-state index contributed by atoms with van der Waals surface area (Å²) in [6.45, 7) is 0.500. The van der Waals surface area contributed by atoms with Crippen LogP contribution in [0.15, 0.2) is 42.5 Å². The smallest absolute Gasteiger partial charge is 0.271 e. The Morgan fingerprint density at radius 3 is 2.70 bits per heavy atom. The lowest BCUT2D eigenvalue weighted by atomic mass is 10.2. The number of carbonyl (C=O) groups excluding carboxylic acids is 1. The molecule has 0 atom stereocenters. The van der Waals surface area contributed by atoms with Crippen molar-refractivity contribution >= 4 is 27.3 Å². The molecule has 0 bridgehead atoms. The molecule has 1 aliphatic heterocycles. The number of sulfonamides is 1. The lowest BCUT2D eigenvalue weighted by Gasteiger charge is -2.22. The maximum Gasteiger partial charge on any atom is 0.271 e. The molecule has 160 valence electrons. The largest absolute Gasteiger partial charge is 0.454 e. The molecule has 10 nitrogen and oxygen atoms in total. The first-order valence-electron chi connectivity index (χ1n) is 9.11. The Morgan fingerprint density at radius 1 is 1.20 bits per heavy atom. The number of nitrogens with zero attached hydrogens (tertiary/aromatic N) is 2. The number of anilines is 1. The van der Waals surface area contributed by atoms with Crippen molar-refractivity contribution in [2.45, 2.75) is 19.4 Å². The van der Waals surface area contributed by atoms with Crippen LogP contribution in [0.2, 0.25) is 0 Å². The molecule has 0 aromatic heterocycles. The number of hydrogen-bond acceptors (Lipinski definition) is 7. The number of hydrogen-bond donors (Lipinski definition) is 1. The van der Waals surface area contributed by atoms with Gasteiger partial charge in [-0.15, -0.1) is 0 Å². The second-order valence-corrected chi connectivity index (χ2v) is 8.59. The average molecular weight is 435 g/mol. The van der Waals surface area contributed by atoms with E-state index in [2.05, 4.69) is 5.32 Å². The minimum atomic E-state index is -3.67. The van der Waals surface area contributed by atoms with Crippen molar-refractivity contribution in [2.75, 3.05) is 23.9 Å². The lowest BCUT2D eigenvalue weighted by molar-refractivity contribution is -0.384. The van der Waals surface area contributed by atoms with Gasteiger partial charge >= 0.3 is 0 Å². The Kier molecular flexibility index (Phi) is 6.40. The Morgan fingerprint density at radius 2 is 1.97 bits per heavy atom. The molecule has 1 N–H and O–H groups in total. The lowest BCUT2D eigenvalue weighted by Crippen LogP contribution is -2.32. The third-order valence-electron chi connectivity index (χ3n) is 4.42. The van der Waals surface area contributed by atoms with Crippen LogP contribution in [-0.2, 0) is 21.4 Å². The summed E-state index contributed by atoms with van der Waals surface area (Å²) in [5.74, 6) is 1.05. The topological polar surface area (TPSA) is 128 Å². The van der Waals surface area contributed by atoms with Crippen molar-refractivity contribution in [1.82, 2.24) is 5.32 Å². The van der Waals surface area contributed by atoms with Gasteiger partial charge < -0.3 is 14.8 Å². The van der Waals surface area contributed by atoms with Gasteiger partial charge in [-0.3, -0.25) is 19.2 Å². The van der Waals surface area contributed by atoms with Crippen molar-refractivity contribution in [1.29, 1.82) is 0 Å². The van der Waals surface area contributed by atoms with Gasteiger partial charge in [0.15, 0.2) is 11.5 Å². The maximum absolute atomic E-state index is 12.1. The number of benzene rings is 2. The highest BCUT2D eigenvalue weighted by atomic mass is 32.2. The molecule has 0 fully saturated rings. The predicted octanol–water partition coefficient (Wildman–Crippen LogP) is 2.19. The molecule has 2 aromatic carbocycles. The molecular weight excluding hydrogens is 414 g/mol. The van der Waals surface area contributed by atoms with Crippen LogP contribution >= 0.6 is 0 Å². The average Bonchev–Trinajstić information content (AvgIpc) is 3.16. The fourth-order valence-electron chi connectivity index (χ4n) is 2.97. The van der Waals surface area contributed by atoms with Gasteiger partial charge in [-0.25, -0.2) is 8.42 Å². The zero-order chi connectivity index (χ0) is 21.7. The minimum Gasteiger partial charge on any atom is -0.454 e. The van der Waals surface area contributed by atoms with Crippen LogP contribution in [0.5, 0.6) is 11.5 Å². The van der Waals surface area contributed by atoms with Crippen LogP contribution in [0, 0.1) is 10.1 Å². The van der Waals surface area contributed by atoms with Crippen molar-refractivity contribution in [3.63, 3.8) is 0 Å². The van der Waals surface area contributed by atoms with Crippen LogP contribution in [-0.4, -0.2) is 38.8 Å². The number of nitrogens with one attached hydrogen (secondary N) is 1. The van der Waals surface area contributed by atoms with Crippen molar-refractivity contribution in [3.8, 4) is 11.5 Å². The summed E-state index contributed by atoms with van der Waals surface area (Å²) in [5.41, 5.74) is 0.831. The van der Waals surface area contributed by atoms with Gasteiger partial charge in [-0.05, 0) is 30.2 Å². The Balaban J connectivity index is 1.54. The molecule has 0 unspecified atom stereocenters. The third kappa shape index (κ3) is 5.38. The fourth-order valence-corrected chi connectivity index (χ4v) is 3.93. The van der Waals surface area contributed by atoms with Gasteiger partial charge in [-0.1, -0.05) is 12.1 Å². The first-order chi connectivity index (χ1) is 14.2. The molecule has 0 radical (unpaired) electrons. The molecule has 0 aliphatic carbocycles. The first-order valence-corrected chi connectivity index (χ1v) is 11.0. The zero-order valence-corrected chi connectivity index (χ0v) is 17.1. The zero-order valence-electron chi connectivity index (χ0n) is 16.2. The van der Waals surface area contributed by atoms with E-state index in [-0.39, 0.29) is 43.5 Å². The van der Waals surface area contributed by atoms with E-state index in [0.29, 0.717) is 18.0 Å². The molecule has 30 heavy (non-hydrogen) atoms. The quantitative estimate of drug-likeness (QED) is 0.472. The summed E-state index contributed by atoms with van der Waals surface area (Å²) in [6.07, 6.45) is 1.37. The van der Waals surface area contributed by atoms with Gasteiger partial charge in [0.25, 0.3) is 5.69 Å². The predicted molar refractivity (Wildman–Crippen MR) is 109 cm³/mol. The maximum atomic E-state index is 12.1. The monoisotopic (exact) mass is 435 g/mol. The van der Waals surface area contributed by atoms with E-state index >= 15 is 0 Å². The molecule has 0 saturated carbocycles. The van der Waals surface area contributed by atoms with Gasteiger partial charge in [0.2, 0.25) is 22.7 Å². The summed E-state index contributed by atoms with van der Waals surface area (Å²) < 4.78 is 35.8. The molecule has 3 rings (SSSR count). The van der Waals surface area contributed by atoms with E-state index in [0.717, 1.165) is 16.1 Å². The second-order valence-electron chi connectivity index (χ2n) is 6.68. The highest BCUT2D eigenvalue weighted by Crippen LogP contribution is 2.32. The molecule has 1 heterocycles. The van der Waals surface area contributed by atoms with Crippen LogP contribution in [0.25, 0.3) is 0 Å². The molecular formula is C19H21N3O7S. The molecule has 2 aromatic rings. The minimum absolute atomic E-state index is 0.0252. The number of non-ortho nitro benzene ring substituents is 1. The van der Waals surface area contributed by atoms with Crippen LogP contribution in [0.3, 0.4) is 0 Å². The van der Waals surface area contributed by atoms with Crippen molar-refractivity contribution < 1.29 is 27.6 Å². The van der Waals surface area contributed by atoms with Crippen LogP contribution in [0.4, 0.5) is 11.4 Å². The van der Waals surface area contributed by atoms with E-state index in [9.17, 15) is 23.3 Å². The standard InChI is InChI=1S/C19H21N3O7S/c1-30(26,27)21(15-4-2-5-16(11-15)22(24)25)9-3-6-19(23)20-12-14-7-8-17-18(10-14)29-13-28-17/h2,4-5,7-8,10-11H,3,6,9,12-13H2,1H3,(H,20,23). The number of nitro groups is 1. The van der Waals surface area contributed by atoms with E-state index in [4.69, 9.17) is 9.47 Å². The molecule has 0 saturated heterocycles. The van der Waals surface area contributed by atoms with E-state index in [1.54, 1.807) is 12.1 Å². The summed E-state index contributed by atoms with van der Waals surface area (Å²) in [5, 5.41) is 13.7. The van der Waals surface area contributed by atoms with Crippen LogP contribution < -0.4 is 19.1 Å². The number of carbonyl (C=O) groups is 1. The van der Waals surface area contributed by atoms with E-state index in [1.807, 2.05) is 6.07 Å². The van der Waals surface area contributed by atoms with Crippen molar-refractivity contribution in [3.05, 3.63) is 58.1 Å². The molecule has 0 spiro atoms. The van der Waals surface area contributed by atoms with Gasteiger partial charge in [0, 0.05) is 31.6 Å². The Hall–Kier alpha value is -3.34. The van der Waals surface area contributed by atoms with Gasteiger partial charge in [0.05, 0.1) is 16.9 Å². The number of nitro benzene ring substituents is 1. The highest BCUT2D eigenvalue weighted by Gasteiger charge is 2.20. The SMILES string of the molecule is CS(=O)(=O)N(CCCC(=O)NCc1ccc2c(c1)OCO2)c1cccc([N+](=O)[O-])c1. The Labute approximate surface area is 173 Å². The van der Waals surface area contributed by atoms with Gasteiger partial charge in [0.1, 0.15) is 0 Å². The highest BCUT2D eigenvalue weighted by molar-refractivity contribution is 7.92. The summed E-state index contributed by atoms with van der Waals surface area (Å²) in [7, 11) is -3.67. The van der Waals surface area contributed by atoms with E-state index in [1.165, 1.54) is 24.3 Å². The number of rotatable bonds is 9. The number of ether oxygens (including phenoxy) is 2. The van der Waals surface area contributed by atoms with Crippen molar-refractivity contribution in [2.24, 2.45) is 0 Å². The summed E-state index contributed by atoms with van der Waals surface area (Å²) in [4.78, 5) is 22.5. The molecule has 11 heteroatoms. The summed E-state index contributed by atoms with van der Waals surface area (Å²) >= 11 is 0. The number of amides is 1. The molecule has 1 amide bonds. The normalized spacial score (nSPS) is 12.4. The molecule has 1 aliphatic rings. The first kappa shape index (κ1) is 21.4. The third-order valence-corrected chi connectivity index (χ3v) is 5.61. The van der Waals surface area contributed by atoms with Gasteiger partial charge in [-0.2, -0.15) is 0 Å².